The molecule has 1 fully saturated rings. The molecule has 1 saturated heterocycles. The Balaban J connectivity index is 2.28. The van der Waals surface area contributed by atoms with Gasteiger partial charge in [-0.05, 0) is 5.41 Å². The summed E-state index contributed by atoms with van der Waals surface area (Å²) in [4.78, 5) is 2.54. The summed E-state index contributed by atoms with van der Waals surface area (Å²) in [5, 5.41) is 3.48. The molecule has 0 aromatic rings. The molecule has 0 aromatic carbocycles. The Hall–Kier alpha value is -0.160. The number of piperazine rings is 1. The van der Waals surface area contributed by atoms with E-state index in [9.17, 15) is 0 Å². The molecule has 0 saturated carbocycles. The summed E-state index contributed by atoms with van der Waals surface area (Å²) in [6.07, 6.45) is 0. The van der Waals surface area contributed by atoms with Gasteiger partial charge in [0.2, 0.25) is 0 Å². The molecule has 4 heteroatoms. The molecule has 1 atom stereocenters. The van der Waals surface area contributed by atoms with Gasteiger partial charge in [-0.25, -0.2) is 0 Å². The standard InChI is InChI=1S/C13H28N2O2/c1-13(2,3)12-11-14-5-6-15(12)7-8-17-10-9-16-4/h12,14H,5-11H2,1-4H3. The molecule has 0 bridgehead atoms. The summed E-state index contributed by atoms with van der Waals surface area (Å²) in [5.41, 5.74) is 0.319. The van der Waals surface area contributed by atoms with Gasteiger partial charge in [0, 0.05) is 39.3 Å². The van der Waals surface area contributed by atoms with E-state index < -0.39 is 0 Å². The fraction of sp³-hybridized carbons (Fsp3) is 1.00. The minimum atomic E-state index is 0.319. The van der Waals surface area contributed by atoms with E-state index in [4.69, 9.17) is 9.47 Å². The van der Waals surface area contributed by atoms with Crippen LogP contribution in [0, 0.1) is 5.41 Å². The molecular weight excluding hydrogens is 216 g/mol. The molecular formula is C13H28N2O2. The number of nitrogens with zero attached hydrogens (tertiary/aromatic N) is 1. The lowest BCUT2D eigenvalue weighted by Crippen LogP contribution is -2.57. The van der Waals surface area contributed by atoms with Crippen LogP contribution in [0.1, 0.15) is 20.8 Å². The first kappa shape index (κ1) is 14.9. The number of methoxy groups -OCH3 is 1. The van der Waals surface area contributed by atoms with Crippen molar-refractivity contribution in [1.82, 2.24) is 10.2 Å². The van der Waals surface area contributed by atoms with E-state index in [1.54, 1.807) is 7.11 Å². The molecule has 1 unspecified atom stereocenters. The fourth-order valence-electron chi connectivity index (χ4n) is 2.29. The van der Waals surface area contributed by atoms with E-state index in [-0.39, 0.29) is 0 Å². The van der Waals surface area contributed by atoms with Gasteiger partial charge < -0.3 is 14.8 Å². The van der Waals surface area contributed by atoms with Crippen molar-refractivity contribution in [1.29, 1.82) is 0 Å². The van der Waals surface area contributed by atoms with Crippen LogP contribution in [-0.4, -0.2) is 64.1 Å². The summed E-state index contributed by atoms with van der Waals surface area (Å²) in [6, 6.07) is 0.599. The highest BCUT2D eigenvalue weighted by molar-refractivity contribution is 4.88. The molecule has 1 aliphatic rings. The minimum Gasteiger partial charge on any atom is -0.382 e. The largest absolute Gasteiger partial charge is 0.382 e. The number of hydrogen-bond acceptors (Lipinski definition) is 4. The number of rotatable bonds is 6. The van der Waals surface area contributed by atoms with Crippen LogP contribution in [-0.2, 0) is 9.47 Å². The van der Waals surface area contributed by atoms with Gasteiger partial charge in [0.1, 0.15) is 0 Å². The van der Waals surface area contributed by atoms with Crippen molar-refractivity contribution in [2.24, 2.45) is 5.41 Å². The summed E-state index contributed by atoms with van der Waals surface area (Å²) >= 11 is 0. The lowest BCUT2D eigenvalue weighted by atomic mass is 9.84. The van der Waals surface area contributed by atoms with Crippen LogP contribution in [0.25, 0.3) is 0 Å². The second-order valence-corrected chi connectivity index (χ2v) is 5.73. The molecule has 0 radical (unpaired) electrons. The SMILES string of the molecule is COCCOCCN1CCNCC1C(C)(C)C. The van der Waals surface area contributed by atoms with Crippen molar-refractivity contribution < 1.29 is 9.47 Å². The summed E-state index contributed by atoms with van der Waals surface area (Å²) in [5.74, 6) is 0. The first-order valence-electron chi connectivity index (χ1n) is 6.57. The molecule has 4 nitrogen and oxygen atoms in total. The number of nitrogens with one attached hydrogen (secondary N) is 1. The first-order valence-corrected chi connectivity index (χ1v) is 6.57. The Kier molecular flexibility index (Phi) is 6.41. The normalized spacial score (nSPS) is 22.9. The Morgan fingerprint density at radius 1 is 1.24 bits per heavy atom. The van der Waals surface area contributed by atoms with Crippen molar-refractivity contribution in [3.63, 3.8) is 0 Å². The van der Waals surface area contributed by atoms with Crippen LogP contribution < -0.4 is 5.32 Å². The summed E-state index contributed by atoms with van der Waals surface area (Å²) in [7, 11) is 1.70. The third-order valence-electron chi connectivity index (χ3n) is 3.31. The summed E-state index contributed by atoms with van der Waals surface area (Å²) in [6.45, 7) is 13.4. The van der Waals surface area contributed by atoms with Crippen LogP contribution in [0.2, 0.25) is 0 Å². The van der Waals surface area contributed by atoms with Gasteiger partial charge in [-0.2, -0.15) is 0 Å². The average Bonchev–Trinajstić information content (AvgIpc) is 2.28. The topological polar surface area (TPSA) is 33.7 Å². The molecule has 17 heavy (non-hydrogen) atoms. The Morgan fingerprint density at radius 3 is 2.65 bits per heavy atom. The predicted octanol–water partition coefficient (Wildman–Crippen LogP) is 0.969. The lowest BCUT2D eigenvalue weighted by Gasteiger charge is -2.43. The van der Waals surface area contributed by atoms with E-state index in [0.717, 1.165) is 32.8 Å². The van der Waals surface area contributed by atoms with Crippen molar-refractivity contribution in [2.75, 3.05) is 53.1 Å². The van der Waals surface area contributed by atoms with E-state index in [2.05, 4.69) is 31.0 Å². The highest BCUT2D eigenvalue weighted by atomic mass is 16.5. The molecule has 0 spiro atoms. The van der Waals surface area contributed by atoms with Gasteiger partial charge in [0.05, 0.1) is 19.8 Å². The van der Waals surface area contributed by atoms with E-state index in [1.807, 2.05) is 0 Å². The third kappa shape index (κ3) is 5.34. The Bertz CT molecular complexity index is 204. The van der Waals surface area contributed by atoms with Gasteiger partial charge in [-0.3, -0.25) is 4.90 Å². The Morgan fingerprint density at radius 2 is 2.00 bits per heavy atom. The second kappa shape index (κ2) is 7.31. The molecule has 1 heterocycles. The molecule has 0 aromatic heterocycles. The quantitative estimate of drug-likeness (QED) is 0.706. The van der Waals surface area contributed by atoms with Crippen LogP contribution in [0.5, 0.6) is 0 Å². The van der Waals surface area contributed by atoms with Gasteiger partial charge in [-0.1, -0.05) is 20.8 Å². The monoisotopic (exact) mass is 244 g/mol. The van der Waals surface area contributed by atoms with Gasteiger partial charge in [0.15, 0.2) is 0 Å². The average molecular weight is 244 g/mol. The molecule has 102 valence electrons. The molecule has 1 aliphatic heterocycles. The van der Waals surface area contributed by atoms with Crippen LogP contribution in [0.3, 0.4) is 0 Å². The fourth-order valence-corrected chi connectivity index (χ4v) is 2.29. The smallest absolute Gasteiger partial charge is 0.0700 e. The van der Waals surface area contributed by atoms with E-state index in [1.165, 1.54) is 0 Å². The predicted molar refractivity (Wildman–Crippen MR) is 70.4 cm³/mol. The van der Waals surface area contributed by atoms with Crippen molar-refractivity contribution in [2.45, 2.75) is 26.8 Å². The molecule has 1 rings (SSSR count). The van der Waals surface area contributed by atoms with Gasteiger partial charge in [0.25, 0.3) is 0 Å². The second-order valence-electron chi connectivity index (χ2n) is 5.73. The maximum absolute atomic E-state index is 5.55. The first-order chi connectivity index (χ1) is 8.05. The molecule has 1 N–H and O–H groups in total. The zero-order valence-corrected chi connectivity index (χ0v) is 11.8. The van der Waals surface area contributed by atoms with Crippen LogP contribution in [0.15, 0.2) is 0 Å². The van der Waals surface area contributed by atoms with Crippen LogP contribution >= 0.6 is 0 Å². The van der Waals surface area contributed by atoms with Gasteiger partial charge in [-0.15, -0.1) is 0 Å². The Labute approximate surface area is 106 Å². The number of hydrogen-bond donors (Lipinski definition) is 1. The highest BCUT2D eigenvalue weighted by Gasteiger charge is 2.31. The van der Waals surface area contributed by atoms with Gasteiger partial charge >= 0.3 is 0 Å². The minimum absolute atomic E-state index is 0.319. The van der Waals surface area contributed by atoms with E-state index >= 15 is 0 Å². The molecule has 0 aliphatic carbocycles. The van der Waals surface area contributed by atoms with E-state index in [0.29, 0.717) is 24.7 Å². The lowest BCUT2D eigenvalue weighted by molar-refractivity contribution is 0.0232. The van der Waals surface area contributed by atoms with Crippen molar-refractivity contribution in [3.8, 4) is 0 Å². The van der Waals surface area contributed by atoms with Crippen molar-refractivity contribution >= 4 is 0 Å². The third-order valence-corrected chi connectivity index (χ3v) is 3.31. The summed E-state index contributed by atoms with van der Waals surface area (Å²) < 4.78 is 10.5. The number of ether oxygens (including phenoxy) is 2. The molecule has 0 amide bonds. The maximum Gasteiger partial charge on any atom is 0.0700 e. The maximum atomic E-state index is 5.55. The zero-order valence-electron chi connectivity index (χ0n) is 11.8. The van der Waals surface area contributed by atoms with Crippen LogP contribution in [0.4, 0.5) is 0 Å². The highest BCUT2D eigenvalue weighted by Crippen LogP contribution is 2.25. The van der Waals surface area contributed by atoms with Crippen molar-refractivity contribution in [3.05, 3.63) is 0 Å². The zero-order chi connectivity index (χ0) is 12.7.